The van der Waals surface area contributed by atoms with Gasteiger partial charge in [0.25, 0.3) is 5.91 Å². The van der Waals surface area contributed by atoms with Gasteiger partial charge in [-0.2, -0.15) is 5.10 Å². The lowest BCUT2D eigenvalue weighted by atomic mass is 10.0. The summed E-state index contributed by atoms with van der Waals surface area (Å²) in [4.78, 5) is 15.7. The van der Waals surface area contributed by atoms with Crippen molar-refractivity contribution in [3.05, 3.63) is 65.0 Å². The summed E-state index contributed by atoms with van der Waals surface area (Å²) in [5.74, 6) is 0.0704. The van der Waals surface area contributed by atoms with Crippen molar-refractivity contribution in [3.8, 4) is 0 Å². The first-order valence-corrected chi connectivity index (χ1v) is 10.4. The van der Waals surface area contributed by atoms with Crippen LogP contribution >= 0.6 is 12.4 Å². The molecule has 3 aromatic rings. The third-order valence-corrected chi connectivity index (χ3v) is 6.26. The van der Waals surface area contributed by atoms with Crippen molar-refractivity contribution >= 4 is 29.1 Å². The monoisotopic (exact) mass is 410 g/mol. The summed E-state index contributed by atoms with van der Waals surface area (Å²) in [5.41, 5.74) is 3.98. The molecule has 2 heterocycles. The lowest BCUT2D eigenvalue weighted by Gasteiger charge is -2.29. The predicted molar refractivity (Wildman–Crippen MR) is 117 cm³/mol. The molecule has 2 aliphatic rings. The van der Waals surface area contributed by atoms with Crippen LogP contribution in [-0.4, -0.2) is 33.6 Å². The number of benzene rings is 2. The number of rotatable bonds is 4. The van der Waals surface area contributed by atoms with Crippen molar-refractivity contribution < 1.29 is 4.79 Å². The van der Waals surface area contributed by atoms with Crippen LogP contribution < -0.4 is 5.32 Å². The summed E-state index contributed by atoms with van der Waals surface area (Å²) in [5, 5.41) is 13.4. The molecule has 1 saturated carbocycles. The number of aromatic amines is 1. The summed E-state index contributed by atoms with van der Waals surface area (Å²) >= 11 is 0. The van der Waals surface area contributed by atoms with Crippen LogP contribution in [0.1, 0.15) is 53.0 Å². The van der Waals surface area contributed by atoms with E-state index in [9.17, 15) is 4.79 Å². The summed E-state index contributed by atoms with van der Waals surface area (Å²) in [7, 11) is 0. The Morgan fingerprint density at radius 1 is 1.10 bits per heavy atom. The largest absolute Gasteiger partial charge is 0.330 e. The first-order valence-electron chi connectivity index (χ1n) is 10.4. The van der Waals surface area contributed by atoms with Gasteiger partial charge in [-0.05, 0) is 29.2 Å². The maximum Gasteiger partial charge on any atom is 0.275 e. The number of H-pyrrole nitrogens is 1. The zero-order valence-electron chi connectivity index (χ0n) is 16.5. The summed E-state index contributed by atoms with van der Waals surface area (Å²) in [6.07, 6.45) is 5.47. The third-order valence-electron chi connectivity index (χ3n) is 6.26. The zero-order chi connectivity index (χ0) is 18.9. The molecule has 1 aliphatic heterocycles. The van der Waals surface area contributed by atoms with Gasteiger partial charge >= 0.3 is 0 Å². The predicted octanol–water partition coefficient (Wildman–Crippen LogP) is 4.22. The minimum Gasteiger partial charge on any atom is -0.330 e. The molecule has 0 radical (unpaired) electrons. The van der Waals surface area contributed by atoms with Crippen LogP contribution in [0.25, 0.3) is 10.8 Å². The fourth-order valence-electron chi connectivity index (χ4n) is 4.73. The molecule has 0 atom stereocenters. The van der Waals surface area contributed by atoms with E-state index in [4.69, 9.17) is 0 Å². The molecule has 29 heavy (non-hydrogen) atoms. The minimum atomic E-state index is 0. The number of nitrogens with zero attached hydrogens (tertiary/aromatic N) is 2. The number of carbonyl (C=O) groups excluding carboxylic acids is 1. The van der Waals surface area contributed by atoms with E-state index in [-0.39, 0.29) is 18.3 Å². The maximum absolute atomic E-state index is 13.6. The number of hydrogen-bond donors (Lipinski definition) is 2. The molecule has 2 N–H and O–H groups in total. The lowest BCUT2D eigenvalue weighted by Crippen LogP contribution is -2.39. The van der Waals surface area contributed by atoms with Gasteiger partial charge in [0.05, 0.1) is 0 Å². The molecule has 1 fully saturated rings. The van der Waals surface area contributed by atoms with Gasteiger partial charge in [0, 0.05) is 43.4 Å². The van der Waals surface area contributed by atoms with Gasteiger partial charge in [-0.1, -0.05) is 55.3 Å². The average Bonchev–Trinajstić information content (AvgIpc) is 3.41. The normalized spacial score (nSPS) is 16.4. The van der Waals surface area contributed by atoms with Gasteiger partial charge in [-0.15, -0.1) is 12.4 Å². The number of amides is 1. The van der Waals surface area contributed by atoms with Crippen molar-refractivity contribution in [2.24, 2.45) is 0 Å². The molecule has 6 heteroatoms. The van der Waals surface area contributed by atoms with E-state index in [0.717, 1.165) is 43.6 Å². The zero-order valence-corrected chi connectivity index (χ0v) is 17.3. The fraction of sp³-hybridized carbons (Fsp3) is 0.391. The molecule has 1 aliphatic carbocycles. The second kappa shape index (κ2) is 8.56. The quantitative estimate of drug-likeness (QED) is 0.677. The van der Waals surface area contributed by atoms with E-state index < -0.39 is 0 Å². The highest BCUT2D eigenvalue weighted by Gasteiger charge is 2.31. The number of fused-ring (bicyclic) bond motifs is 2. The molecular formula is C23H27ClN4O. The molecule has 2 aromatic carbocycles. The Labute approximate surface area is 177 Å². The van der Waals surface area contributed by atoms with Gasteiger partial charge in [-0.3, -0.25) is 9.89 Å². The molecule has 152 valence electrons. The Bertz CT molecular complexity index is 1000. The van der Waals surface area contributed by atoms with Crippen molar-refractivity contribution in [1.82, 2.24) is 20.4 Å². The Hall–Kier alpha value is -2.37. The third kappa shape index (κ3) is 3.77. The molecule has 0 bridgehead atoms. The van der Waals surface area contributed by atoms with Crippen LogP contribution in [0.15, 0.2) is 42.5 Å². The van der Waals surface area contributed by atoms with Crippen molar-refractivity contribution in [2.75, 3.05) is 6.54 Å². The average molecular weight is 411 g/mol. The van der Waals surface area contributed by atoms with Crippen molar-refractivity contribution in [2.45, 2.75) is 51.2 Å². The molecule has 1 amide bonds. The number of hydrogen-bond acceptors (Lipinski definition) is 3. The van der Waals surface area contributed by atoms with E-state index in [1.807, 2.05) is 0 Å². The summed E-state index contributed by atoms with van der Waals surface area (Å²) < 4.78 is 0. The fourth-order valence-corrected chi connectivity index (χ4v) is 4.73. The van der Waals surface area contributed by atoms with E-state index in [2.05, 4.69) is 62.9 Å². The Morgan fingerprint density at radius 2 is 1.90 bits per heavy atom. The number of halogens is 1. The Kier molecular flexibility index (Phi) is 5.88. The minimum absolute atomic E-state index is 0. The molecule has 0 saturated heterocycles. The smallest absolute Gasteiger partial charge is 0.275 e. The van der Waals surface area contributed by atoms with Crippen LogP contribution in [0.4, 0.5) is 0 Å². The van der Waals surface area contributed by atoms with Gasteiger partial charge in [0.2, 0.25) is 0 Å². The van der Waals surface area contributed by atoms with Gasteiger partial charge < -0.3 is 10.2 Å². The van der Waals surface area contributed by atoms with E-state index in [1.54, 1.807) is 0 Å². The molecule has 5 nitrogen and oxygen atoms in total. The molecule has 0 unspecified atom stereocenters. The molecule has 0 spiro atoms. The van der Waals surface area contributed by atoms with E-state index >= 15 is 0 Å². The number of carbonyl (C=O) groups is 1. The Morgan fingerprint density at radius 3 is 2.76 bits per heavy atom. The standard InChI is InChI=1S/C23H26N4O.ClH/c28-23(22-20-14-24-13-12-21(20)25-26-22)27(18-9-2-3-10-18)15-17-8-5-7-16-6-1-4-11-19(16)17;/h1,4-8,11,18,24H,2-3,9-10,12-15H2,(H,25,26);1H. The van der Waals surface area contributed by atoms with Gasteiger partial charge in [0.15, 0.2) is 5.69 Å². The Balaban J connectivity index is 0.00000205. The van der Waals surface area contributed by atoms with Gasteiger partial charge in [0.1, 0.15) is 0 Å². The van der Waals surface area contributed by atoms with Crippen LogP contribution in [-0.2, 0) is 19.5 Å². The maximum atomic E-state index is 13.6. The SMILES string of the molecule is Cl.O=C(c1n[nH]c2c1CNCC2)N(Cc1cccc2ccccc12)C1CCCC1. The van der Waals surface area contributed by atoms with Crippen LogP contribution in [0, 0.1) is 0 Å². The van der Waals surface area contributed by atoms with E-state index in [1.165, 1.54) is 29.2 Å². The lowest BCUT2D eigenvalue weighted by molar-refractivity contribution is 0.0658. The summed E-state index contributed by atoms with van der Waals surface area (Å²) in [6, 6.07) is 15.1. The molecule has 1 aromatic heterocycles. The first-order chi connectivity index (χ1) is 13.8. The second-order valence-electron chi connectivity index (χ2n) is 7.97. The number of aromatic nitrogens is 2. The highest BCUT2D eigenvalue weighted by atomic mass is 35.5. The van der Waals surface area contributed by atoms with Crippen molar-refractivity contribution in [3.63, 3.8) is 0 Å². The topological polar surface area (TPSA) is 61.0 Å². The number of nitrogens with one attached hydrogen (secondary N) is 2. The summed E-state index contributed by atoms with van der Waals surface area (Å²) in [6.45, 7) is 2.30. The highest BCUT2D eigenvalue weighted by Crippen LogP contribution is 2.29. The van der Waals surface area contributed by atoms with Crippen LogP contribution in [0.2, 0.25) is 0 Å². The van der Waals surface area contributed by atoms with Gasteiger partial charge in [-0.25, -0.2) is 0 Å². The molecule has 5 rings (SSSR count). The van der Waals surface area contributed by atoms with Crippen LogP contribution in [0.3, 0.4) is 0 Å². The molecular weight excluding hydrogens is 384 g/mol. The van der Waals surface area contributed by atoms with Crippen LogP contribution in [0.5, 0.6) is 0 Å². The first kappa shape index (κ1) is 19.9. The highest BCUT2D eigenvalue weighted by molar-refractivity contribution is 5.95. The van der Waals surface area contributed by atoms with E-state index in [0.29, 0.717) is 18.3 Å². The second-order valence-corrected chi connectivity index (χ2v) is 7.97. The van der Waals surface area contributed by atoms with Crippen molar-refractivity contribution in [1.29, 1.82) is 0 Å².